The second kappa shape index (κ2) is 6.01. The first-order valence-electron chi connectivity index (χ1n) is 6.10. The van der Waals surface area contributed by atoms with Crippen LogP contribution in [0, 0.1) is 5.92 Å². The van der Waals surface area contributed by atoms with Crippen LogP contribution < -0.4 is 5.32 Å². The molecule has 1 unspecified atom stereocenters. The molecule has 0 amide bonds. The molecule has 0 saturated carbocycles. The van der Waals surface area contributed by atoms with Gasteiger partial charge in [-0.15, -0.1) is 0 Å². The van der Waals surface area contributed by atoms with Gasteiger partial charge in [0.2, 0.25) is 0 Å². The minimum absolute atomic E-state index is 0.271. The van der Waals surface area contributed by atoms with Gasteiger partial charge in [0.05, 0.1) is 6.04 Å². The fourth-order valence-electron chi connectivity index (χ4n) is 1.91. The van der Waals surface area contributed by atoms with Crippen LogP contribution >= 0.6 is 15.9 Å². The Hall–Kier alpha value is -1.35. The summed E-state index contributed by atoms with van der Waals surface area (Å²) in [5, 5.41) is 3.49. The Balaban J connectivity index is 2.21. The summed E-state index contributed by atoms with van der Waals surface area (Å²) >= 11 is 3.47. The van der Waals surface area contributed by atoms with Crippen molar-refractivity contribution in [2.24, 2.45) is 5.92 Å². The summed E-state index contributed by atoms with van der Waals surface area (Å²) in [6.45, 7) is 4.42. The fraction of sp³-hybridized carbons (Fsp3) is 0.267. The van der Waals surface area contributed by atoms with Gasteiger partial charge in [0.25, 0.3) is 0 Å². The maximum Gasteiger partial charge on any atom is 0.126 e. The van der Waals surface area contributed by atoms with E-state index >= 15 is 0 Å². The van der Waals surface area contributed by atoms with Crippen LogP contribution in [0.4, 0.5) is 5.82 Å². The third-order valence-electron chi connectivity index (χ3n) is 2.86. The second-order valence-electron chi connectivity index (χ2n) is 4.63. The second-order valence-corrected chi connectivity index (χ2v) is 5.55. The molecule has 2 nitrogen and oxygen atoms in total. The van der Waals surface area contributed by atoms with E-state index in [2.05, 4.69) is 64.3 Å². The molecule has 0 aliphatic rings. The lowest BCUT2D eigenvalue weighted by molar-refractivity contribution is 0.545. The summed E-state index contributed by atoms with van der Waals surface area (Å²) < 4.78 is 1.10. The molecule has 0 saturated heterocycles. The Morgan fingerprint density at radius 3 is 2.33 bits per heavy atom. The van der Waals surface area contributed by atoms with Crippen molar-refractivity contribution in [3.05, 3.63) is 58.7 Å². The first kappa shape index (κ1) is 13.1. The Bertz CT molecular complexity index is 480. The number of hydrogen-bond donors (Lipinski definition) is 1. The van der Waals surface area contributed by atoms with Crippen molar-refractivity contribution in [2.75, 3.05) is 5.32 Å². The van der Waals surface area contributed by atoms with Crippen LogP contribution in [-0.4, -0.2) is 4.98 Å². The lowest BCUT2D eigenvalue weighted by Gasteiger charge is -2.23. The van der Waals surface area contributed by atoms with Crippen molar-refractivity contribution in [3.63, 3.8) is 0 Å². The van der Waals surface area contributed by atoms with Crippen LogP contribution in [0.2, 0.25) is 0 Å². The summed E-state index contributed by atoms with van der Waals surface area (Å²) in [6, 6.07) is 14.6. The zero-order chi connectivity index (χ0) is 13.0. The van der Waals surface area contributed by atoms with Gasteiger partial charge in [-0.05, 0) is 35.7 Å². The molecule has 0 fully saturated rings. The van der Waals surface area contributed by atoms with Crippen LogP contribution in [-0.2, 0) is 0 Å². The highest BCUT2D eigenvalue weighted by molar-refractivity contribution is 9.10. The zero-order valence-corrected chi connectivity index (χ0v) is 12.2. The predicted octanol–water partition coefficient (Wildman–Crippen LogP) is 4.65. The van der Waals surface area contributed by atoms with E-state index in [4.69, 9.17) is 0 Å². The van der Waals surface area contributed by atoms with Crippen molar-refractivity contribution in [1.82, 2.24) is 4.98 Å². The van der Waals surface area contributed by atoms with E-state index in [-0.39, 0.29) is 6.04 Å². The maximum atomic E-state index is 4.32. The molecular weight excluding hydrogens is 288 g/mol. The lowest BCUT2D eigenvalue weighted by atomic mass is 9.96. The standard InChI is InChI=1S/C15H17BrN2/c1-11(2)15(12-6-8-13(16)9-7-12)18-14-5-3-4-10-17-14/h3-11,15H,1-2H3,(H,17,18). The lowest BCUT2D eigenvalue weighted by Crippen LogP contribution is -2.17. The van der Waals surface area contributed by atoms with Gasteiger partial charge in [-0.1, -0.05) is 48.0 Å². The smallest absolute Gasteiger partial charge is 0.126 e. The van der Waals surface area contributed by atoms with Gasteiger partial charge in [-0.25, -0.2) is 4.98 Å². The molecule has 0 spiro atoms. The van der Waals surface area contributed by atoms with Gasteiger partial charge >= 0.3 is 0 Å². The number of nitrogens with zero attached hydrogens (tertiary/aromatic N) is 1. The fourth-order valence-corrected chi connectivity index (χ4v) is 2.18. The molecular formula is C15H17BrN2. The highest BCUT2D eigenvalue weighted by atomic mass is 79.9. The van der Waals surface area contributed by atoms with Crippen molar-refractivity contribution >= 4 is 21.7 Å². The Morgan fingerprint density at radius 1 is 1.06 bits per heavy atom. The normalized spacial score (nSPS) is 12.4. The number of aromatic nitrogens is 1. The van der Waals surface area contributed by atoms with Crippen molar-refractivity contribution in [3.8, 4) is 0 Å². The summed E-state index contributed by atoms with van der Waals surface area (Å²) in [7, 11) is 0. The number of pyridine rings is 1. The average Bonchev–Trinajstić information content (AvgIpc) is 2.38. The quantitative estimate of drug-likeness (QED) is 0.889. The molecule has 3 heteroatoms. The van der Waals surface area contributed by atoms with E-state index < -0.39 is 0 Å². The predicted molar refractivity (Wildman–Crippen MR) is 79.6 cm³/mol. The first-order chi connectivity index (χ1) is 8.66. The molecule has 0 aliphatic carbocycles. The number of benzene rings is 1. The third kappa shape index (κ3) is 3.33. The van der Waals surface area contributed by atoms with Gasteiger partial charge in [0.15, 0.2) is 0 Å². The molecule has 0 aliphatic heterocycles. The molecule has 94 valence electrons. The Morgan fingerprint density at radius 2 is 1.78 bits per heavy atom. The molecule has 1 aromatic heterocycles. The van der Waals surface area contributed by atoms with E-state index in [1.54, 1.807) is 6.20 Å². The summed E-state index contributed by atoms with van der Waals surface area (Å²) in [5.74, 6) is 1.41. The van der Waals surface area contributed by atoms with Gasteiger partial charge in [0.1, 0.15) is 5.82 Å². The highest BCUT2D eigenvalue weighted by Gasteiger charge is 2.15. The monoisotopic (exact) mass is 304 g/mol. The van der Waals surface area contributed by atoms with E-state index in [1.807, 2.05) is 18.2 Å². The molecule has 0 bridgehead atoms. The van der Waals surface area contributed by atoms with Gasteiger partial charge < -0.3 is 5.32 Å². The van der Waals surface area contributed by atoms with Crippen LogP contribution in [0.3, 0.4) is 0 Å². The highest BCUT2D eigenvalue weighted by Crippen LogP contribution is 2.26. The molecule has 18 heavy (non-hydrogen) atoms. The number of halogens is 1. The molecule has 1 heterocycles. The van der Waals surface area contributed by atoms with Gasteiger partial charge in [-0.2, -0.15) is 0 Å². The SMILES string of the molecule is CC(C)C(Nc1ccccn1)c1ccc(Br)cc1. The van der Waals surface area contributed by atoms with Crippen LogP contribution in [0.5, 0.6) is 0 Å². The molecule has 1 N–H and O–H groups in total. The number of nitrogens with one attached hydrogen (secondary N) is 1. The minimum Gasteiger partial charge on any atom is -0.363 e. The number of rotatable bonds is 4. The van der Waals surface area contributed by atoms with Crippen molar-refractivity contribution in [2.45, 2.75) is 19.9 Å². The van der Waals surface area contributed by atoms with Crippen LogP contribution in [0.1, 0.15) is 25.5 Å². The molecule has 0 radical (unpaired) electrons. The largest absolute Gasteiger partial charge is 0.363 e. The summed E-state index contributed by atoms with van der Waals surface area (Å²) in [5.41, 5.74) is 1.28. The van der Waals surface area contributed by atoms with E-state index in [1.165, 1.54) is 5.56 Å². The summed E-state index contributed by atoms with van der Waals surface area (Å²) in [4.78, 5) is 4.32. The third-order valence-corrected chi connectivity index (χ3v) is 3.39. The zero-order valence-electron chi connectivity index (χ0n) is 10.6. The number of hydrogen-bond acceptors (Lipinski definition) is 2. The Labute approximate surface area is 117 Å². The topological polar surface area (TPSA) is 24.9 Å². The molecule has 2 rings (SSSR count). The molecule has 2 aromatic rings. The summed E-state index contributed by atoms with van der Waals surface area (Å²) in [6.07, 6.45) is 1.81. The van der Waals surface area contributed by atoms with Gasteiger partial charge in [-0.3, -0.25) is 0 Å². The maximum absolute atomic E-state index is 4.32. The van der Waals surface area contributed by atoms with E-state index in [0.29, 0.717) is 5.92 Å². The average molecular weight is 305 g/mol. The van der Waals surface area contributed by atoms with Gasteiger partial charge in [0, 0.05) is 10.7 Å². The van der Waals surface area contributed by atoms with E-state index in [0.717, 1.165) is 10.3 Å². The molecule has 1 aromatic carbocycles. The van der Waals surface area contributed by atoms with Crippen LogP contribution in [0.15, 0.2) is 53.1 Å². The van der Waals surface area contributed by atoms with Crippen molar-refractivity contribution in [1.29, 1.82) is 0 Å². The van der Waals surface area contributed by atoms with E-state index in [9.17, 15) is 0 Å². The number of anilines is 1. The Kier molecular flexibility index (Phi) is 4.37. The van der Waals surface area contributed by atoms with Crippen LogP contribution in [0.25, 0.3) is 0 Å². The molecule has 1 atom stereocenters. The minimum atomic E-state index is 0.271. The first-order valence-corrected chi connectivity index (χ1v) is 6.89. The van der Waals surface area contributed by atoms with Crippen molar-refractivity contribution < 1.29 is 0 Å².